The number of hydrogen-bond donors (Lipinski definition) is 1. The smallest absolute Gasteiger partial charge is 0.119 e. The molecule has 19 heavy (non-hydrogen) atoms. The molecule has 0 saturated heterocycles. The van der Waals surface area contributed by atoms with E-state index in [2.05, 4.69) is 27.9 Å². The summed E-state index contributed by atoms with van der Waals surface area (Å²) in [5.41, 5.74) is 8.90. The second kappa shape index (κ2) is 5.97. The zero-order valence-electron chi connectivity index (χ0n) is 11.1. The monoisotopic (exact) mass is 320 g/mol. The van der Waals surface area contributed by atoms with Gasteiger partial charge in [-0.15, -0.1) is 0 Å². The molecule has 100 valence electrons. The van der Waals surface area contributed by atoms with Crippen LogP contribution in [0.15, 0.2) is 46.9 Å². The van der Waals surface area contributed by atoms with Crippen molar-refractivity contribution >= 4 is 27.3 Å². The molecule has 0 aromatic heterocycles. The zero-order valence-corrected chi connectivity index (χ0v) is 12.6. The molecule has 0 fully saturated rings. The third-order valence-electron chi connectivity index (χ3n) is 2.99. The van der Waals surface area contributed by atoms with E-state index in [9.17, 15) is 0 Å². The number of anilines is 2. The predicted octanol–water partition coefficient (Wildman–Crippen LogP) is 3.68. The van der Waals surface area contributed by atoms with Crippen LogP contribution in [-0.4, -0.2) is 14.2 Å². The van der Waals surface area contributed by atoms with Crippen LogP contribution in [0, 0.1) is 0 Å². The van der Waals surface area contributed by atoms with Crippen LogP contribution in [0.4, 0.5) is 11.4 Å². The first-order chi connectivity index (χ1) is 9.10. The fourth-order valence-corrected chi connectivity index (χ4v) is 2.27. The van der Waals surface area contributed by atoms with Gasteiger partial charge in [0.1, 0.15) is 5.75 Å². The lowest BCUT2D eigenvalue weighted by Crippen LogP contribution is -2.16. The van der Waals surface area contributed by atoms with Gasteiger partial charge in [-0.2, -0.15) is 0 Å². The molecule has 2 aromatic carbocycles. The number of hydrogen-bond acceptors (Lipinski definition) is 3. The minimum atomic E-state index is 0.779. The Bertz CT molecular complexity index is 555. The van der Waals surface area contributed by atoms with Gasteiger partial charge in [-0.1, -0.05) is 15.9 Å². The first kappa shape index (κ1) is 13.7. The average molecular weight is 321 g/mol. The molecule has 0 heterocycles. The molecule has 2 rings (SSSR count). The van der Waals surface area contributed by atoms with Gasteiger partial charge in [-0.3, -0.25) is 0 Å². The Morgan fingerprint density at radius 3 is 2.47 bits per heavy atom. The van der Waals surface area contributed by atoms with Gasteiger partial charge in [0, 0.05) is 29.4 Å². The summed E-state index contributed by atoms with van der Waals surface area (Å²) >= 11 is 3.55. The van der Waals surface area contributed by atoms with Crippen LogP contribution in [0.5, 0.6) is 5.75 Å². The maximum atomic E-state index is 5.82. The highest BCUT2D eigenvalue weighted by Gasteiger charge is 2.06. The maximum absolute atomic E-state index is 5.82. The highest BCUT2D eigenvalue weighted by Crippen LogP contribution is 2.24. The lowest BCUT2D eigenvalue weighted by molar-refractivity contribution is 0.415. The third kappa shape index (κ3) is 3.41. The molecule has 0 aliphatic rings. The Kier molecular flexibility index (Phi) is 4.32. The van der Waals surface area contributed by atoms with Crippen LogP contribution < -0.4 is 15.4 Å². The van der Waals surface area contributed by atoms with E-state index in [0.717, 1.165) is 28.1 Å². The minimum absolute atomic E-state index is 0.779. The van der Waals surface area contributed by atoms with Gasteiger partial charge in [0.25, 0.3) is 0 Å². The summed E-state index contributed by atoms with van der Waals surface area (Å²) in [5.74, 6) is 0.863. The van der Waals surface area contributed by atoms with Crippen molar-refractivity contribution in [2.24, 2.45) is 0 Å². The molecule has 4 heteroatoms. The highest BCUT2D eigenvalue weighted by atomic mass is 79.9. The van der Waals surface area contributed by atoms with Crippen LogP contribution in [-0.2, 0) is 6.54 Å². The summed E-state index contributed by atoms with van der Waals surface area (Å²) in [6.07, 6.45) is 0. The summed E-state index contributed by atoms with van der Waals surface area (Å²) in [7, 11) is 3.72. The van der Waals surface area contributed by atoms with E-state index >= 15 is 0 Å². The Morgan fingerprint density at radius 1 is 1.16 bits per heavy atom. The molecule has 0 atom stereocenters. The molecule has 0 radical (unpaired) electrons. The van der Waals surface area contributed by atoms with Crippen molar-refractivity contribution < 1.29 is 4.74 Å². The molecule has 2 N–H and O–H groups in total. The molecule has 2 aromatic rings. The second-order valence-corrected chi connectivity index (χ2v) is 5.26. The van der Waals surface area contributed by atoms with Crippen molar-refractivity contribution in [3.05, 3.63) is 52.5 Å². The first-order valence-electron chi connectivity index (χ1n) is 5.99. The molecule has 0 aliphatic heterocycles. The quantitative estimate of drug-likeness (QED) is 0.873. The van der Waals surface area contributed by atoms with Gasteiger partial charge in [0.15, 0.2) is 0 Å². The van der Waals surface area contributed by atoms with E-state index in [0.29, 0.717) is 0 Å². The Hall–Kier alpha value is -1.68. The van der Waals surface area contributed by atoms with Gasteiger partial charge in [-0.05, 0) is 48.0 Å². The standard InChI is InChI=1S/C15H17BrN2O/c1-18(13-4-6-14(19-2)7-5-13)10-11-9-12(17)3-8-15(11)16/h3-9H,10,17H2,1-2H3. The van der Waals surface area contributed by atoms with Gasteiger partial charge >= 0.3 is 0 Å². The third-order valence-corrected chi connectivity index (χ3v) is 3.76. The number of nitrogens with zero attached hydrogens (tertiary/aromatic N) is 1. The number of halogens is 1. The molecular formula is C15H17BrN2O. The van der Waals surface area contributed by atoms with Gasteiger partial charge in [0.2, 0.25) is 0 Å². The predicted molar refractivity (Wildman–Crippen MR) is 83.7 cm³/mol. The molecule has 0 unspecified atom stereocenters. The number of methoxy groups -OCH3 is 1. The number of nitrogen functional groups attached to an aromatic ring is 1. The van der Waals surface area contributed by atoms with Crippen molar-refractivity contribution in [2.75, 3.05) is 24.8 Å². The van der Waals surface area contributed by atoms with E-state index in [1.54, 1.807) is 7.11 Å². The number of benzene rings is 2. The lowest BCUT2D eigenvalue weighted by Gasteiger charge is -2.20. The van der Waals surface area contributed by atoms with E-state index in [-0.39, 0.29) is 0 Å². The van der Waals surface area contributed by atoms with Crippen molar-refractivity contribution in [1.29, 1.82) is 0 Å². The normalized spacial score (nSPS) is 10.3. The number of nitrogens with two attached hydrogens (primary N) is 1. The first-order valence-corrected chi connectivity index (χ1v) is 6.78. The Morgan fingerprint density at radius 2 is 1.84 bits per heavy atom. The van der Waals surface area contributed by atoms with Crippen LogP contribution in [0.2, 0.25) is 0 Å². The van der Waals surface area contributed by atoms with E-state index in [4.69, 9.17) is 10.5 Å². The molecule has 0 saturated carbocycles. The summed E-state index contributed by atoms with van der Waals surface area (Å²) in [6, 6.07) is 13.9. The summed E-state index contributed by atoms with van der Waals surface area (Å²) in [6.45, 7) is 0.790. The maximum Gasteiger partial charge on any atom is 0.119 e. The molecular weight excluding hydrogens is 304 g/mol. The van der Waals surface area contributed by atoms with E-state index in [1.165, 1.54) is 5.56 Å². The van der Waals surface area contributed by atoms with Gasteiger partial charge in [-0.25, -0.2) is 0 Å². The number of ether oxygens (including phenoxy) is 1. The van der Waals surface area contributed by atoms with Crippen LogP contribution in [0.1, 0.15) is 5.56 Å². The summed E-state index contributed by atoms with van der Waals surface area (Å²) in [5, 5.41) is 0. The van der Waals surface area contributed by atoms with Gasteiger partial charge < -0.3 is 15.4 Å². The molecule has 0 bridgehead atoms. The average Bonchev–Trinajstić information content (AvgIpc) is 2.43. The topological polar surface area (TPSA) is 38.5 Å². The zero-order chi connectivity index (χ0) is 13.8. The number of rotatable bonds is 4. The minimum Gasteiger partial charge on any atom is -0.497 e. The van der Waals surface area contributed by atoms with Crippen molar-refractivity contribution in [3.63, 3.8) is 0 Å². The molecule has 0 amide bonds. The van der Waals surface area contributed by atoms with Crippen LogP contribution in [0.3, 0.4) is 0 Å². The molecule has 0 spiro atoms. The van der Waals surface area contributed by atoms with Crippen LogP contribution >= 0.6 is 15.9 Å². The summed E-state index contributed by atoms with van der Waals surface area (Å²) < 4.78 is 6.23. The van der Waals surface area contributed by atoms with Crippen molar-refractivity contribution in [2.45, 2.75) is 6.54 Å². The lowest BCUT2D eigenvalue weighted by atomic mass is 10.2. The molecule has 0 aliphatic carbocycles. The largest absolute Gasteiger partial charge is 0.497 e. The fourth-order valence-electron chi connectivity index (χ4n) is 1.90. The van der Waals surface area contributed by atoms with E-state index in [1.807, 2.05) is 42.5 Å². The highest BCUT2D eigenvalue weighted by molar-refractivity contribution is 9.10. The summed E-state index contributed by atoms with van der Waals surface area (Å²) in [4.78, 5) is 2.17. The SMILES string of the molecule is COc1ccc(N(C)Cc2cc(N)ccc2Br)cc1. The fraction of sp³-hybridized carbons (Fsp3) is 0.200. The molecule has 3 nitrogen and oxygen atoms in total. The van der Waals surface area contributed by atoms with E-state index < -0.39 is 0 Å². The Balaban J connectivity index is 2.15. The van der Waals surface area contributed by atoms with Crippen molar-refractivity contribution in [3.8, 4) is 5.75 Å². The van der Waals surface area contributed by atoms with Crippen LogP contribution in [0.25, 0.3) is 0 Å². The second-order valence-electron chi connectivity index (χ2n) is 4.40. The van der Waals surface area contributed by atoms with Crippen molar-refractivity contribution in [1.82, 2.24) is 0 Å². The Labute approximate surface area is 122 Å². The van der Waals surface area contributed by atoms with Gasteiger partial charge in [0.05, 0.1) is 7.11 Å².